The van der Waals surface area contributed by atoms with E-state index in [9.17, 15) is 4.79 Å². The van der Waals surface area contributed by atoms with Crippen molar-refractivity contribution in [1.82, 2.24) is 4.98 Å². The Labute approximate surface area is 201 Å². The Balaban J connectivity index is 0.000000165. The van der Waals surface area contributed by atoms with Gasteiger partial charge in [-0.1, -0.05) is 18.2 Å². The van der Waals surface area contributed by atoms with E-state index in [4.69, 9.17) is 5.11 Å². The van der Waals surface area contributed by atoms with Gasteiger partial charge in [-0.25, -0.2) is 4.79 Å². The van der Waals surface area contributed by atoms with Crippen LogP contribution < -0.4 is 0 Å². The molecule has 0 bridgehead atoms. The van der Waals surface area contributed by atoms with Crippen LogP contribution >= 0.6 is 0 Å². The van der Waals surface area contributed by atoms with E-state index in [0.29, 0.717) is 16.5 Å². The molecule has 0 saturated heterocycles. The Hall–Kier alpha value is -1.10. The largest absolute Gasteiger partial charge is 0.478 e. The molecule has 3 aliphatic rings. The van der Waals surface area contributed by atoms with E-state index in [0.717, 1.165) is 0 Å². The quantitative estimate of drug-likeness (QED) is 0.397. The summed E-state index contributed by atoms with van der Waals surface area (Å²) < 4.78 is 4.00. The van der Waals surface area contributed by atoms with E-state index in [1.807, 2.05) is 6.07 Å². The zero-order chi connectivity index (χ0) is 22.2. The monoisotopic (exact) mass is 543 g/mol. The van der Waals surface area contributed by atoms with Crippen molar-refractivity contribution < 1.29 is 9.90 Å². The van der Waals surface area contributed by atoms with Crippen LogP contribution in [0.25, 0.3) is 10.9 Å². The van der Waals surface area contributed by atoms with Crippen molar-refractivity contribution in [2.45, 2.75) is 108 Å². The minimum Gasteiger partial charge on any atom is -0.478 e. The van der Waals surface area contributed by atoms with E-state index < -0.39 is 25.7 Å². The molecule has 3 aliphatic carbocycles. The van der Waals surface area contributed by atoms with Gasteiger partial charge in [0, 0.05) is 11.6 Å². The number of nitrogens with zero attached hydrogens (tertiary/aromatic N) is 1. The van der Waals surface area contributed by atoms with E-state index in [1.54, 1.807) is 115 Å². The molecule has 0 spiro atoms. The number of hydrogen-bond donors (Lipinski definition) is 1. The van der Waals surface area contributed by atoms with Crippen LogP contribution in [0, 0.1) is 0 Å². The van der Waals surface area contributed by atoms with E-state index in [2.05, 4.69) is 4.98 Å². The van der Waals surface area contributed by atoms with E-state index >= 15 is 0 Å². The summed E-state index contributed by atoms with van der Waals surface area (Å²) >= 11 is -1.31. The molecule has 5 rings (SSSR count). The Morgan fingerprint density at radius 2 is 1.19 bits per heavy atom. The number of aromatic nitrogens is 1. The number of carboxylic acids is 1. The number of para-hydroxylation sites is 1. The van der Waals surface area contributed by atoms with Crippen molar-refractivity contribution in [3.8, 4) is 0 Å². The summed E-state index contributed by atoms with van der Waals surface area (Å²) in [7, 11) is 0. The Morgan fingerprint density at radius 3 is 1.66 bits per heavy atom. The van der Waals surface area contributed by atoms with Crippen LogP contribution in [0.15, 0.2) is 36.5 Å². The van der Waals surface area contributed by atoms with Crippen molar-refractivity contribution in [1.29, 1.82) is 0 Å². The number of hydrogen-bond acceptors (Lipinski definition) is 2. The third-order valence-corrected chi connectivity index (χ3v) is 23.5. The number of carbonyl (C=O) groups is 1. The summed E-state index contributed by atoms with van der Waals surface area (Å²) in [5, 5.41) is 9.53. The Bertz CT molecular complexity index is 803. The van der Waals surface area contributed by atoms with E-state index in [-0.39, 0.29) is 0 Å². The third kappa shape index (κ3) is 6.27. The fourth-order valence-corrected chi connectivity index (χ4v) is 24.2. The summed E-state index contributed by atoms with van der Waals surface area (Å²) in [5.41, 5.74) is 1.01. The Morgan fingerprint density at radius 1 is 0.719 bits per heavy atom. The van der Waals surface area contributed by atoms with Gasteiger partial charge in [-0.3, -0.25) is 4.98 Å². The van der Waals surface area contributed by atoms with Crippen LogP contribution in [0.3, 0.4) is 0 Å². The number of carboxylic acid groups (broad SMARTS) is 1. The predicted molar refractivity (Wildman–Crippen MR) is 136 cm³/mol. The second-order valence-corrected chi connectivity index (χ2v) is 21.8. The van der Waals surface area contributed by atoms with Crippen molar-refractivity contribution >= 4 is 36.6 Å². The van der Waals surface area contributed by atoms with Gasteiger partial charge in [-0.15, -0.1) is 0 Å². The molecular weight excluding hydrogens is 501 g/mol. The first-order valence-electron chi connectivity index (χ1n) is 13.3. The minimum absolute atomic E-state index is 0.297. The maximum atomic E-state index is 10.8. The fourth-order valence-electron chi connectivity index (χ4n) is 6.99. The second-order valence-electron chi connectivity index (χ2n) is 10.5. The molecule has 0 atom stereocenters. The topological polar surface area (TPSA) is 50.2 Å². The molecule has 32 heavy (non-hydrogen) atoms. The van der Waals surface area contributed by atoms with Crippen LogP contribution in [-0.4, -0.2) is 35.8 Å². The third-order valence-electron chi connectivity index (χ3n) is 8.46. The number of aromatic carboxylic acids is 1. The summed E-state index contributed by atoms with van der Waals surface area (Å²) in [6.45, 7) is 0. The molecule has 1 aromatic carbocycles. The van der Waals surface area contributed by atoms with Crippen LogP contribution in [0.4, 0.5) is 0 Å². The van der Waals surface area contributed by atoms with Gasteiger partial charge >= 0.3 is 134 Å². The molecule has 0 unspecified atom stereocenters. The van der Waals surface area contributed by atoms with Crippen LogP contribution in [0.2, 0.25) is 11.8 Å². The maximum absolute atomic E-state index is 10.8. The smallest absolute Gasteiger partial charge is 0.336 e. The van der Waals surface area contributed by atoms with Crippen molar-refractivity contribution in [3.05, 3.63) is 42.1 Å². The molecule has 1 heterocycles. The fraction of sp³-hybridized carbons (Fsp3) is 0.643. The molecule has 0 radical (unpaired) electrons. The summed E-state index contributed by atoms with van der Waals surface area (Å²) in [4.78, 5) is 14.8. The van der Waals surface area contributed by atoms with Gasteiger partial charge in [0.1, 0.15) is 0 Å². The number of fused-ring (bicyclic) bond motifs is 1. The van der Waals surface area contributed by atoms with Gasteiger partial charge in [0.15, 0.2) is 0 Å². The molecule has 3 nitrogen and oxygen atoms in total. The van der Waals surface area contributed by atoms with Gasteiger partial charge in [0.05, 0.1) is 11.1 Å². The van der Waals surface area contributed by atoms with Crippen molar-refractivity contribution in [3.63, 3.8) is 0 Å². The van der Waals surface area contributed by atoms with Gasteiger partial charge in [-0.05, 0) is 12.1 Å². The van der Waals surface area contributed by atoms with Crippen LogP contribution in [0.5, 0.6) is 0 Å². The number of benzene rings is 1. The number of rotatable bonds is 4. The van der Waals surface area contributed by atoms with E-state index in [1.165, 1.54) is 24.1 Å². The number of pyridine rings is 1. The average Bonchev–Trinajstić information content (AvgIpc) is 2.86. The normalized spacial score (nSPS) is 21.3. The molecule has 3 saturated carbocycles. The van der Waals surface area contributed by atoms with Gasteiger partial charge in [0.2, 0.25) is 0 Å². The van der Waals surface area contributed by atoms with Crippen LogP contribution in [-0.2, 0) is 0 Å². The minimum atomic E-state index is -1.31. The summed E-state index contributed by atoms with van der Waals surface area (Å²) in [5.74, 6) is -0.918. The molecule has 1 aromatic heterocycles. The second kappa shape index (κ2) is 12.4. The zero-order valence-corrected chi connectivity index (χ0v) is 23.0. The summed E-state index contributed by atoms with van der Waals surface area (Å²) in [6.07, 6.45) is 25.8. The van der Waals surface area contributed by atoms with Crippen molar-refractivity contribution in [2.75, 3.05) is 0 Å². The first kappa shape index (κ1) is 24.0. The van der Waals surface area contributed by atoms with Gasteiger partial charge < -0.3 is 5.11 Å². The molecule has 3 fully saturated rings. The molecule has 2 aromatic rings. The molecular formula is C28H41NO2Sn. The SMILES string of the molecule is C1CC[CH]([SnH]([CH]2CCCCC2)[CH]2CCCCC2)CC1.O=C(O)c1ccnc2ccccc12. The van der Waals surface area contributed by atoms with Crippen LogP contribution in [0.1, 0.15) is 107 Å². The van der Waals surface area contributed by atoms with Gasteiger partial charge in [0.25, 0.3) is 0 Å². The standard InChI is InChI=1S/C10H7NO2.3C6H11.Sn.H/c12-10(13)8-5-6-11-9-4-2-1-3-7(8)9;3*1-2-4-6-5-3-1;;/h1-6H,(H,12,13);3*1H,2-6H2;;. The Kier molecular flexibility index (Phi) is 9.30. The molecule has 0 aliphatic heterocycles. The molecule has 0 amide bonds. The molecule has 174 valence electrons. The first-order valence-corrected chi connectivity index (χ1v) is 19.0. The maximum Gasteiger partial charge on any atom is 0.336 e. The predicted octanol–water partition coefficient (Wildman–Crippen LogP) is 8.15. The summed E-state index contributed by atoms with van der Waals surface area (Å²) in [6, 6.07) is 8.69. The molecule has 4 heteroatoms. The van der Waals surface area contributed by atoms with Gasteiger partial charge in [-0.2, -0.15) is 0 Å². The van der Waals surface area contributed by atoms with Crippen molar-refractivity contribution in [2.24, 2.45) is 0 Å². The average molecular weight is 542 g/mol. The first-order chi connectivity index (χ1) is 15.7. The molecule has 1 N–H and O–H groups in total. The zero-order valence-electron chi connectivity index (χ0n) is 19.7.